The van der Waals surface area contributed by atoms with E-state index in [2.05, 4.69) is 5.32 Å². The van der Waals surface area contributed by atoms with Gasteiger partial charge in [0.05, 0.1) is 6.54 Å². The van der Waals surface area contributed by atoms with Crippen LogP contribution in [0, 0.1) is 5.82 Å². The number of hydrogen-bond donors (Lipinski definition) is 1. The fourth-order valence-corrected chi connectivity index (χ4v) is 1.11. The molecule has 1 atom stereocenters. The van der Waals surface area contributed by atoms with Crippen LogP contribution in [0.4, 0.5) is 4.39 Å². The normalized spacial score (nSPS) is 11.9. The maximum Gasteiger partial charge on any atom is 0.237 e. The first kappa shape index (κ1) is 12.8. The van der Waals surface area contributed by atoms with Crippen molar-refractivity contribution in [3.63, 3.8) is 0 Å². The summed E-state index contributed by atoms with van der Waals surface area (Å²) in [5, 5.41) is 1.98. The molecule has 0 fully saturated rings. The Hall–Kier alpha value is -1.29. The molecule has 1 aromatic carbocycles. The van der Waals surface area contributed by atoms with Crippen LogP contribution in [-0.2, 0) is 4.79 Å². The van der Waals surface area contributed by atoms with E-state index in [1.54, 1.807) is 19.1 Å². The van der Waals surface area contributed by atoms with Gasteiger partial charge in [0, 0.05) is 0 Å². The van der Waals surface area contributed by atoms with E-state index in [9.17, 15) is 9.18 Å². The Balaban J connectivity index is 2.26. The van der Waals surface area contributed by atoms with Gasteiger partial charge in [-0.15, -0.1) is 11.6 Å². The summed E-state index contributed by atoms with van der Waals surface area (Å²) in [6.07, 6.45) is 0. The second kappa shape index (κ2) is 6.33. The summed E-state index contributed by atoms with van der Waals surface area (Å²) in [7, 11) is 0. The Labute approximate surface area is 98.5 Å². The largest absolute Gasteiger partial charge is 0.489 e. The molecule has 0 bridgehead atoms. The first-order chi connectivity index (χ1) is 7.61. The summed E-state index contributed by atoms with van der Waals surface area (Å²) in [6, 6.07) is 6.10. The van der Waals surface area contributed by atoms with Gasteiger partial charge in [-0.1, -0.05) is 12.1 Å². The maximum absolute atomic E-state index is 13.1. The number of nitrogens with one attached hydrogen (secondary N) is 1. The average Bonchev–Trinajstić information content (AvgIpc) is 2.26. The van der Waals surface area contributed by atoms with Crippen LogP contribution < -0.4 is 10.1 Å². The SMILES string of the molecule is CC(Cl)C(=O)NCCOc1ccccc1F. The predicted molar refractivity (Wildman–Crippen MR) is 60.2 cm³/mol. The third-order valence-electron chi connectivity index (χ3n) is 1.86. The van der Waals surface area contributed by atoms with Gasteiger partial charge in [-0.2, -0.15) is 0 Å². The lowest BCUT2D eigenvalue weighted by molar-refractivity contribution is -0.120. The fourth-order valence-electron chi connectivity index (χ4n) is 1.04. The Morgan fingerprint density at radius 2 is 2.25 bits per heavy atom. The van der Waals surface area contributed by atoms with Crippen molar-refractivity contribution in [1.29, 1.82) is 0 Å². The van der Waals surface area contributed by atoms with E-state index in [4.69, 9.17) is 16.3 Å². The maximum atomic E-state index is 13.1. The summed E-state index contributed by atoms with van der Waals surface area (Å²) in [5.74, 6) is -0.506. The van der Waals surface area contributed by atoms with E-state index in [1.807, 2.05) is 0 Å². The van der Waals surface area contributed by atoms with Crippen LogP contribution in [-0.4, -0.2) is 24.4 Å². The Morgan fingerprint density at radius 3 is 2.88 bits per heavy atom. The zero-order valence-electron chi connectivity index (χ0n) is 8.87. The molecule has 0 aliphatic rings. The van der Waals surface area contributed by atoms with E-state index in [0.29, 0.717) is 6.54 Å². The Bertz CT molecular complexity index is 358. The van der Waals surface area contributed by atoms with Crippen LogP contribution in [0.25, 0.3) is 0 Å². The second-order valence-corrected chi connectivity index (χ2v) is 3.84. The molecular weight excluding hydrogens is 233 g/mol. The number of benzene rings is 1. The molecule has 0 radical (unpaired) electrons. The van der Waals surface area contributed by atoms with Gasteiger partial charge in [0.15, 0.2) is 11.6 Å². The zero-order valence-corrected chi connectivity index (χ0v) is 9.63. The van der Waals surface area contributed by atoms with Crippen molar-refractivity contribution in [2.24, 2.45) is 0 Å². The monoisotopic (exact) mass is 245 g/mol. The van der Waals surface area contributed by atoms with Crippen molar-refractivity contribution in [3.8, 4) is 5.75 Å². The number of alkyl halides is 1. The molecule has 88 valence electrons. The van der Waals surface area contributed by atoms with Crippen LogP contribution >= 0.6 is 11.6 Å². The molecule has 16 heavy (non-hydrogen) atoms. The smallest absolute Gasteiger partial charge is 0.237 e. The second-order valence-electron chi connectivity index (χ2n) is 3.19. The van der Waals surface area contributed by atoms with Crippen molar-refractivity contribution in [1.82, 2.24) is 5.32 Å². The van der Waals surface area contributed by atoms with Crippen LogP contribution in [0.5, 0.6) is 5.75 Å². The average molecular weight is 246 g/mol. The van der Waals surface area contributed by atoms with Crippen LogP contribution in [0.3, 0.4) is 0 Å². The molecule has 1 aromatic rings. The van der Waals surface area contributed by atoms with Gasteiger partial charge in [-0.05, 0) is 19.1 Å². The minimum Gasteiger partial charge on any atom is -0.489 e. The highest BCUT2D eigenvalue weighted by Gasteiger charge is 2.07. The summed E-state index contributed by atoms with van der Waals surface area (Å²) in [4.78, 5) is 11.0. The molecule has 1 amide bonds. The van der Waals surface area contributed by atoms with Gasteiger partial charge < -0.3 is 10.1 Å². The standard InChI is InChI=1S/C11H13ClFNO2/c1-8(12)11(15)14-6-7-16-10-5-3-2-4-9(10)13/h2-5,8H,6-7H2,1H3,(H,14,15). The van der Waals surface area contributed by atoms with Gasteiger partial charge in [-0.3, -0.25) is 4.79 Å². The van der Waals surface area contributed by atoms with Gasteiger partial charge in [0.2, 0.25) is 5.91 Å². The lowest BCUT2D eigenvalue weighted by Crippen LogP contribution is -2.32. The van der Waals surface area contributed by atoms with E-state index in [-0.39, 0.29) is 18.3 Å². The molecule has 0 aliphatic heterocycles. The fraction of sp³-hybridized carbons (Fsp3) is 0.364. The lowest BCUT2D eigenvalue weighted by Gasteiger charge is -2.08. The summed E-state index contributed by atoms with van der Waals surface area (Å²) in [6.45, 7) is 2.08. The third kappa shape index (κ3) is 4.06. The predicted octanol–water partition coefficient (Wildman–Crippen LogP) is 1.95. The van der Waals surface area contributed by atoms with Crippen LogP contribution in [0.1, 0.15) is 6.92 Å². The number of carbonyl (C=O) groups excluding carboxylic acids is 1. The Kier molecular flexibility index (Phi) is 5.05. The molecule has 1 rings (SSSR count). The molecule has 0 aliphatic carbocycles. The van der Waals surface area contributed by atoms with Gasteiger partial charge in [0.25, 0.3) is 0 Å². The molecule has 3 nitrogen and oxygen atoms in total. The molecular formula is C11H13ClFNO2. The number of ether oxygens (including phenoxy) is 1. The topological polar surface area (TPSA) is 38.3 Å². The molecule has 0 aromatic heterocycles. The summed E-state index contributed by atoms with van der Waals surface area (Å²) < 4.78 is 18.2. The van der Waals surface area contributed by atoms with Gasteiger partial charge >= 0.3 is 0 Å². The molecule has 1 N–H and O–H groups in total. The third-order valence-corrected chi connectivity index (χ3v) is 2.05. The number of para-hydroxylation sites is 1. The minimum atomic E-state index is -0.575. The quantitative estimate of drug-likeness (QED) is 0.636. The number of carbonyl (C=O) groups is 1. The lowest BCUT2D eigenvalue weighted by atomic mass is 10.3. The minimum absolute atomic E-state index is 0.177. The van der Waals surface area contributed by atoms with Crippen molar-refractivity contribution in [3.05, 3.63) is 30.1 Å². The highest BCUT2D eigenvalue weighted by atomic mass is 35.5. The first-order valence-electron chi connectivity index (χ1n) is 4.90. The number of hydrogen-bond acceptors (Lipinski definition) is 2. The molecule has 5 heteroatoms. The van der Waals surface area contributed by atoms with Crippen molar-refractivity contribution < 1.29 is 13.9 Å². The highest BCUT2D eigenvalue weighted by molar-refractivity contribution is 6.30. The van der Waals surface area contributed by atoms with E-state index in [0.717, 1.165) is 0 Å². The van der Waals surface area contributed by atoms with Crippen LogP contribution in [0.15, 0.2) is 24.3 Å². The number of amides is 1. The van der Waals surface area contributed by atoms with Gasteiger partial charge in [-0.25, -0.2) is 4.39 Å². The molecule has 0 saturated carbocycles. The van der Waals surface area contributed by atoms with E-state index < -0.39 is 11.2 Å². The number of rotatable bonds is 5. The summed E-state index contributed by atoms with van der Waals surface area (Å²) in [5.41, 5.74) is 0. The van der Waals surface area contributed by atoms with Crippen molar-refractivity contribution in [2.45, 2.75) is 12.3 Å². The zero-order chi connectivity index (χ0) is 12.0. The Morgan fingerprint density at radius 1 is 1.56 bits per heavy atom. The molecule has 0 heterocycles. The molecule has 1 unspecified atom stereocenters. The van der Waals surface area contributed by atoms with Crippen LogP contribution in [0.2, 0.25) is 0 Å². The number of halogens is 2. The highest BCUT2D eigenvalue weighted by Crippen LogP contribution is 2.14. The van der Waals surface area contributed by atoms with Crippen molar-refractivity contribution >= 4 is 17.5 Å². The van der Waals surface area contributed by atoms with E-state index in [1.165, 1.54) is 12.1 Å². The van der Waals surface area contributed by atoms with Crippen molar-refractivity contribution in [2.75, 3.05) is 13.2 Å². The first-order valence-corrected chi connectivity index (χ1v) is 5.34. The molecule has 0 saturated heterocycles. The van der Waals surface area contributed by atoms with Gasteiger partial charge in [0.1, 0.15) is 12.0 Å². The molecule has 0 spiro atoms. The van der Waals surface area contributed by atoms with E-state index >= 15 is 0 Å². The summed E-state index contributed by atoms with van der Waals surface area (Å²) >= 11 is 5.54.